The number of likely N-dealkylation sites (N-methyl/N-ethyl adjacent to an activating group) is 1. The van der Waals surface area contributed by atoms with Crippen LogP contribution in [0, 0.1) is 0 Å². The normalized spacial score (nSPS) is 18.9. The second-order valence-corrected chi connectivity index (χ2v) is 6.11. The average molecular weight is 221 g/mol. The van der Waals surface area contributed by atoms with Crippen LogP contribution in [0.25, 0.3) is 0 Å². The Morgan fingerprint density at radius 3 is 2.36 bits per heavy atom. The van der Waals surface area contributed by atoms with Crippen LogP contribution in [0.15, 0.2) is 0 Å². The quantitative estimate of drug-likeness (QED) is 0.666. The van der Waals surface area contributed by atoms with Gasteiger partial charge in [0.15, 0.2) is 0 Å². The van der Waals surface area contributed by atoms with Crippen LogP contribution in [0.5, 0.6) is 0 Å². The van der Waals surface area contributed by atoms with E-state index in [-0.39, 0.29) is 6.04 Å². The van der Waals surface area contributed by atoms with E-state index >= 15 is 0 Å². The van der Waals surface area contributed by atoms with Crippen molar-refractivity contribution in [1.29, 1.82) is 0 Å². The minimum atomic E-state index is -3.36. The minimum Gasteiger partial charge on any atom is -0.329 e. The lowest BCUT2D eigenvalue weighted by Gasteiger charge is -2.33. The molecule has 0 aromatic heterocycles. The van der Waals surface area contributed by atoms with E-state index in [1.54, 1.807) is 20.9 Å². The molecular formula is C8H19N3O2S. The van der Waals surface area contributed by atoms with Crippen molar-refractivity contribution in [2.45, 2.75) is 38.3 Å². The van der Waals surface area contributed by atoms with E-state index in [0.29, 0.717) is 6.54 Å². The van der Waals surface area contributed by atoms with E-state index in [1.165, 1.54) is 4.31 Å². The Morgan fingerprint density at radius 2 is 2.00 bits per heavy atom. The van der Waals surface area contributed by atoms with E-state index < -0.39 is 15.7 Å². The number of nitrogens with one attached hydrogen (secondary N) is 1. The highest BCUT2D eigenvalue weighted by Gasteiger charge is 2.35. The molecule has 0 aromatic rings. The van der Waals surface area contributed by atoms with Crippen molar-refractivity contribution in [2.24, 2.45) is 5.73 Å². The van der Waals surface area contributed by atoms with Crippen LogP contribution in [0.3, 0.4) is 0 Å². The fourth-order valence-corrected chi connectivity index (χ4v) is 2.49. The molecule has 5 nitrogen and oxygen atoms in total. The van der Waals surface area contributed by atoms with Crippen LogP contribution in [0.4, 0.5) is 0 Å². The van der Waals surface area contributed by atoms with Crippen molar-refractivity contribution >= 4 is 10.2 Å². The third-order valence-electron chi connectivity index (χ3n) is 2.61. The summed E-state index contributed by atoms with van der Waals surface area (Å²) in [6.45, 7) is 3.91. The van der Waals surface area contributed by atoms with Gasteiger partial charge in [-0.05, 0) is 26.7 Å². The molecule has 84 valence electrons. The molecule has 0 aliphatic heterocycles. The van der Waals surface area contributed by atoms with E-state index in [1.807, 2.05) is 0 Å². The molecule has 1 saturated carbocycles. The first-order valence-corrected chi connectivity index (χ1v) is 6.20. The summed E-state index contributed by atoms with van der Waals surface area (Å²) in [6.07, 6.45) is 1.88. The van der Waals surface area contributed by atoms with Crippen molar-refractivity contribution in [2.75, 3.05) is 13.6 Å². The summed E-state index contributed by atoms with van der Waals surface area (Å²) < 4.78 is 27.4. The van der Waals surface area contributed by atoms with Gasteiger partial charge < -0.3 is 5.73 Å². The first kappa shape index (κ1) is 11.9. The second-order valence-electron chi connectivity index (χ2n) is 4.38. The first-order chi connectivity index (χ1) is 6.29. The third-order valence-corrected chi connectivity index (χ3v) is 4.45. The zero-order chi connectivity index (χ0) is 11.0. The molecule has 0 heterocycles. The fraction of sp³-hybridized carbons (Fsp3) is 1.00. The zero-order valence-electron chi connectivity index (χ0n) is 8.95. The predicted molar refractivity (Wildman–Crippen MR) is 56.0 cm³/mol. The molecule has 1 fully saturated rings. The Bertz CT molecular complexity index is 296. The van der Waals surface area contributed by atoms with Crippen molar-refractivity contribution in [3.63, 3.8) is 0 Å². The first-order valence-electron chi connectivity index (χ1n) is 4.76. The molecule has 14 heavy (non-hydrogen) atoms. The maximum absolute atomic E-state index is 11.7. The SMILES string of the molecule is CN(C(C)(C)CN)S(=O)(=O)NC1CC1. The lowest BCUT2D eigenvalue weighted by atomic mass is 10.1. The maximum atomic E-state index is 11.7. The highest BCUT2D eigenvalue weighted by atomic mass is 32.2. The van der Waals surface area contributed by atoms with Crippen molar-refractivity contribution in [3.05, 3.63) is 0 Å². The van der Waals surface area contributed by atoms with E-state index in [0.717, 1.165) is 12.8 Å². The largest absolute Gasteiger partial charge is 0.329 e. The Labute approximate surface area is 85.8 Å². The van der Waals surface area contributed by atoms with Gasteiger partial charge in [0.2, 0.25) is 0 Å². The van der Waals surface area contributed by atoms with Gasteiger partial charge >= 0.3 is 0 Å². The smallest absolute Gasteiger partial charge is 0.279 e. The molecule has 0 unspecified atom stereocenters. The van der Waals surface area contributed by atoms with Gasteiger partial charge in [-0.1, -0.05) is 0 Å². The zero-order valence-corrected chi connectivity index (χ0v) is 9.76. The van der Waals surface area contributed by atoms with Crippen LogP contribution in [0.1, 0.15) is 26.7 Å². The summed E-state index contributed by atoms with van der Waals surface area (Å²) >= 11 is 0. The summed E-state index contributed by atoms with van der Waals surface area (Å²) in [5, 5.41) is 0. The third kappa shape index (κ3) is 2.66. The Morgan fingerprint density at radius 1 is 1.50 bits per heavy atom. The number of hydrogen-bond acceptors (Lipinski definition) is 3. The van der Waals surface area contributed by atoms with Gasteiger partial charge in [0.05, 0.1) is 0 Å². The van der Waals surface area contributed by atoms with Crippen molar-refractivity contribution < 1.29 is 8.42 Å². The van der Waals surface area contributed by atoms with E-state index in [2.05, 4.69) is 4.72 Å². The van der Waals surface area contributed by atoms with Crippen molar-refractivity contribution in [1.82, 2.24) is 9.03 Å². The highest BCUT2D eigenvalue weighted by Crippen LogP contribution is 2.22. The van der Waals surface area contributed by atoms with Gasteiger partial charge in [-0.3, -0.25) is 0 Å². The van der Waals surface area contributed by atoms with Gasteiger partial charge in [-0.15, -0.1) is 0 Å². The highest BCUT2D eigenvalue weighted by molar-refractivity contribution is 7.87. The van der Waals surface area contributed by atoms with E-state index in [9.17, 15) is 8.42 Å². The molecule has 3 N–H and O–H groups in total. The van der Waals surface area contributed by atoms with Crippen LogP contribution >= 0.6 is 0 Å². The monoisotopic (exact) mass is 221 g/mol. The van der Waals surface area contributed by atoms with Crippen LogP contribution < -0.4 is 10.5 Å². The summed E-state index contributed by atoms with van der Waals surface area (Å²) in [4.78, 5) is 0. The maximum Gasteiger partial charge on any atom is 0.279 e. The van der Waals surface area contributed by atoms with E-state index in [4.69, 9.17) is 5.73 Å². The van der Waals surface area contributed by atoms with Gasteiger partial charge in [0.1, 0.15) is 0 Å². The molecule has 0 saturated heterocycles. The molecule has 0 spiro atoms. The molecule has 0 radical (unpaired) electrons. The summed E-state index contributed by atoms with van der Waals surface area (Å²) in [6, 6.07) is 0.135. The van der Waals surface area contributed by atoms with Crippen LogP contribution in [0.2, 0.25) is 0 Å². The Hall–Kier alpha value is -0.170. The predicted octanol–water partition coefficient (Wildman–Crippen LogP) is -0.348. The molecule has 1 aliphatic carbocycles. The van der Waals surface area contributed by atoms with Crippen LogP contribution in [-0.2, 0) is 10.2 Å². The summed E-state index contributed by atoms with van der Waals surface area (Å²) in [5.41, 5.74) is 4.98. The minimum absolute atomic E-state index is 0.135. The molecule has 0 atom stereocenters. The van der Waals surface area contributed by atoms with Crippen LogP contribution in [-0.4, -0.2) is 37.9 Å². The topological polar surface area (TPSA) is 75.4 Å². The lowest BCUT2D eigenvalue weighted by Crippen LogP contribution is -2.53. The molecule has 0 aromatic carbocycles. The molecular weight excluding hydrogens is 202 g/mol. The molecule has 0 bridgehead atoms. The number of rotatable bonds is 5. The van der Waals surface area contributed by atoms with Gasteiger partial charge in [-0.25, -0.2) is 0 Å². The molecule has 6 heteroatoms. The Balaban J connectivity index is 2.70. The Kier molecular flexibility index (Phi) is 3.20. The standard InChI is InChI=1S/C8H19N3O2S/c1-8(2,6-9)11(3)14(12,13)10-7-4-5-7/h7,10H,4-6,9H2,1-3H3. The average Bonchev–Trinajstić information content (AvgIpc) is 2.86. The molecule has 0 amide bonds. The summed E-state index contributed by atoms with van der Waals surface area (Å²) in [5.74, 6) is 0. The number of hydrogen-bond donors (Lipinski definition) is 2. The fourth-order valence-electron chi connectivity index (χ4n) is 0.945. The molecule has 1 aliphatic rings. The second kappa shape index (κ2) is 3.77. The van der Waals surface area contributed by atoms with Gasteiger partial charge in [0, 0.05) is 25.2 Å². The van der Waals surface area contributed by atoms with Gasteiger partial charge in [0.25, 0.3) is 10.2 Å². The lowest BCUT2D eigenvalue weighted by molar-refractivity contribution is 0.270. The molecule has 1 rings (SSSR count). The van der Waals surface area contributed by atoms with Gasteiger partial charge in [-0.2, -0.15) is 17.4 Å². The van der Waals surface area contributed by atoms with Crippen molar-refractivity contribution in [3.8, 4) is 0 Å². The summed E-state index contributed by atoms with van der Waals surface area (Å²) in [7, 11) is -1.81. The number of nitrogens with two attached hydrogens (primary N) is 1. The number of nitrogens with zero attached hydrogens (tertiary/aromatic N) is 1.